The van der Waals surface area contributed by atoms with E-state index in [2.05, 4.69) is 6.92 Å². The Hall–Kier alpha value is -2.10. The summed E-state index contributed by atoms with van der Waals surface area (Å²) in [6, 6.07) is 5.55. The van der Waals surface area contributed by atoms with Gasteiger partial charge >= 0.3 is 5.97 Å². The fourth-order valence-electron chi connectivity index (χ4n) is 2.23. The molecule has 0 aliphatic heterocycles. The topological polar surface area (TPSA) is 57.6 Å². The summed E-state index contributed by atoms with van der Waals surface area (Å²) in [5.41, 5.74) is 2.17. The lowest BCUT2D eigenvalue weighted by atomic mass is 10.00. The molecule has 0 heterocycles. The van der Waals surface area contributed by atoms with Crippen LogP contribution in [0.5, 0.6) is 0 Å². The van der Waals surface area contributed by atoms with Gasteiger partial charge in [-0.15, -0.1) is 0 Å². The van der Waals surface area contributed by atoms with Crippen LogP contribution in [-0.2, 0) is 4.79 Å². The predicted molar refractivity (Wildman–Crippen MR) is 84.3 cm³/mol. The molecule has 1 atom stereocenters. The molecule has 1 unspecified atom stereocenters. The van der Waals surface area contributed by atoms with Gasteiger partial charge in [-0.2, -0.15) is 0 Å². The van der Waals surface area contributed by atoms with Crippen molar-refractivity contribution in [3.8, 4) is 0 Å². The zero-order valence-corrected chi connectivity index (χ0v) is 13.1. The van der Waals surface area contributed by atoms with Gasteiger partial charge in [0.25, 0.3) is 5.91 Å². The fraction of sp³-hybridized carbons (Fsp3) is 0.412. The minimum atomic E-state index is -1.00. The molecule has 0 saturated heterocycles. The highest BCUT2D eigenvalue weighted by Crippen LogP contribution is 2.18. The van der Waals surface area contributed by atoms with Crippen molar-refractivity contribution in [3.63, 3.8) is 0 Å². The van der Waals surface area contributed by atoms with Crippen LogP contribution in [0.25, 0.3) is 6.08 Å². The van der Waals surface area contributed by atoms with Gasteiger partial charge in [0.2, 0.25) is 0 Å². The lowest BCUT2D eigenvalue weighted by molar-refractivity contribution is -0.131. The third-order valence-corrected chi connectivity index (χ3v) is 3.70. The Morgan fingerprint density at radius 3 is 2.62 bits per heavy atom. The number of carbonyl (C=O) groups is 2. The Labute approximate surface area is 126 Å². The molecule has 1 aromatic rings. The highest BCUT2D eigenvalue weighted by atomic mass is 16.4. The maximum Gasteiger partial charge on any atom is 0.328 e. The first-order valence-electron chi connectivity index (χ1n) is 7.16. The van der Waals surface area contributed by atoms with Crippen LogP contribution in [0.2, 0.25) is 0 Å². The molecule has 1 N–H and O–H groups in total. The summed E-state index contributed by atoms with van der Waals surface area (Å²) in [4.78, 5) is 24.9. The summed E-state index contributed by atoms with van der Waals surface area (Å²) in [5, 5.41) is 8.70. The average Bonchev–Trinajstić information content (AvgIpc) is 2.44. The van der Waals surface area contributed by atoms with E-state index in [9.17, 15) is 9.59 Å². The Bertz CT molecular complexity index is 549. The maximum atomic E-state index is 12.6. The van der Waals surface area contributed by atoms with Crippen molar-refractivity contribution in [2.75, 3.05) is 7.05 Å². The number of carboxylic acid groups (broad SMARTS) is 1. The SMILES string of the molecule is CCCC(C)N(C)C(=O)c1cccc(C=CC(=O)O)c1C. The van der Waals surface area contributed by atoms with Gasteiger partial charge < -0.3 is 10.0 Å². The van der Waals surface area contributed by atoms with Crippen LogP contribution >= 0.6 is 0 Å². The molecule has 114 valence electrons. The summed E-state index contributed by atoms with van der Waals surface area (Å²) in [6.45, 7) is 5.97. The molecular formula is C17H23NO3. The van der Waals surface area contributed by atoms with Crippen molar-refractivity contribution in [3.05, 3.63) is 41.0 Å². The van der Waals surface area contributed by atoms with Crippen LogP contribution in [0.1, 0.15) is 48.2 Å². The van der Waals surface area contributed by atoms with E-state index in [4.69, 9.17) is 5.11 Å². The Kier molecular flexibility index (Phi) is 6.15. The number of carboxylic acids is 1. The van der Waals surface area contributed by atoms with E-state index >= 15 is 0 Å². The van der Waals surface area contributed by atoms with E-state index in [1.165, 1.54) is 6.08 Å². The van der Waals surface area contributed by atoms with E-state index in [1.807, 2.05) is 20.9 Å². The molecule has 0 saturated carbocycles. The zero-order chi connectivity index (χ0) is 16.0. The summed E-state index contributed by atoms with van der Waals surface area (Å²) < 4.78 is 0. The second kappa shape index (κ2) is 7.62. The number of hydrogen-bond donors (Lipinski definition) is 1. The Morgan fingerprint density at radius 1 is 1.38 bits per heavy atom. The van der Waals surface area contributed by atoms with Gasteiger partial charge in [0, 0.05) is 24.7 Å². The van der Waals surface area contributed by atoms with Crippen molar-refractivity contribution in [2.24, 2.45) is 0 Å². The van der Waals surface area contributed by atoms with Gasteiger partial charge in [0.1, 0.15) is 0 Å². The van der Waals surface area contributed by atoms with Gasteiger partial charge in [0.15, 0.2) is 0 Å². The summed E-state index contributed by atoms with van der Waals surface area (Å²) >= 11 is 0. The number of aliphatic carboxylic acids is 1. The van der Waals surface area contributed by atoms with Crippen LogP contribution in [0, 0.1) is 6.92 Å². The number of amides is 1. The molecule has 0 aliphatic rings. The van der Waals surface area contributed by atoms with Crippen LogP contribution in [0.4, 0.5) is 0 Å². The first-order chi connectivity index (χ1) is 9.88. The molecule has 1 rings (SSSR count). The molecule has 0 aliphatic carbocycles. The van der Waals surface area contributed by atoms with Crippen molar-refractivity contribution >= 4 is 18.0 Å². The third kappa shape index (κ3) is 4.45. The smallest absolute Gasteiger partial charge is 0.328 e. The van der Waals surface area contributed by atoms with Gasteiger partial charge in [-0.3, -0.25) is 4.79 Å². The van der Waals surface area contributed by atoms with Crippen molar-refractivity contribution in [2.45, 2.75) is 39.7 Å². The second-order valence-corrected chi connectivity index (χ2v) is 5.25. The molecule has 0 radical (unpaired) electrons. The van der Waals surface area contributed by atoms with Crippen molar-refractivity contribution < 1.29 is 14.7 Å². The molecule has 0 fully saturated rings. The number of rotatable bonds is 6. The summed E-state index contributed by atoms with van der Waals surface area (Å²) in [5.74, 6) is -1.03. The second-order valence-electron chi connectivity index (χ2n) is 5.25. The van der Waals surface area contributed by atoms with Crippen molar-refractivity contribution in [1.29, 1.82) is 0 Å². The molecule has 1 aromatic carbocycles. The van der Waals surface area contributed by atoms with E-state index in [0.717, 1.165) is 30.0 Å². The maximum absolute atomic E-state index is 12.6. The van der Waals surface area contributed by atoms with E-state index in [0.29, 0.717) is 5.56 Å². The first kappa shape index (κ1) is 17.0. The lowest BCUT2D eigenvalue weighted by Gasteiger charge is -2.25. The van der Waals surface area contributed by atoms with Crippen LogP contribution < -0.4 is 0 Å². The fourth-order valence-corrected chi connectivity index (χ4v) is 2.23. The predicted octanol–water partition coefficient (Wildman–Crippen LogP) is 3.35. The van der Waals surface area contributed by atoms with Gasteiger partial charge in [-0.05, 0) is 43.5 Å². The standard InChI is InChI=1S/C17H23NO3/c1-5-7-12(2)18(4)17(21)15-9-6-8-14(13(15)3)10-11-16(19)20/h6,8-12H,5,7H2,1-4H3,(H,19,20). The monoisotopic (exact) mass is 289 g/mol. The molecule has 0 spiro atoms. The quantitative estimate of drug-likeness (QED) is 0.817. The number of benzene rings is 1. The Morgan fingerprint density at radius 2 is 2.05 bits per heavy atom. The molecule has 4 nitrogen and oxygen atoms in total. The number of nitrogens with zero attached hydrogens (tertiary/aromatic N) is 1. The largest absolute Gasteiger partial charge is 0.478 e. The number of carbonyl (C=O) groups excluding carboxylic acids is 1. The Balaban J connectivity index is 3.05. The van der Waals surface area contributed by atoms with Crippen molar-refractivity contribution in [1.82, 2.24) is 4.90 Å². The molecule has 0 aromatic heterocycles. The average molecular weight is 289 g/mol. The highest BCUT2D eigenvalue weighted by molar-refractivity contribution is 5.97. The molecule has 4 heteroatoms. The highest BCUT2D eigenvalue weighted by Gasteiger charge is 2.19. The molecular weight excluding hydrogens is 266 g/mol. The minimum Gasteiger partial charge on any atom is -0.478 e. The van der Waals surface area contributed by atoms with E-state index < -0.39 is 5.97 Å². The molecule has 1 amide bonds. The zero-order valence-electron chi connectivity index (χ0n) is 13.1. The van der Waals surface area contributed by atoms with Crippen LogP contribution in [-0.4, -0.2) is 35.0 Å². The normalized spacial score (nSPS) is 12.4. The minimum absolute atomic E-state index is 0.0287. The van der Waals surface area contributed by atoms with Gasteiger partial charge in [-0.1, -0.05) is 25.5 Å². The lowest BCUT2D eigenvalue weighted by Crippen LogP contribution is -2.35. The van der Waals surface area contributed by atoms with Gasteiger partial charge in [-0.25, -0.2) is 4.79 Å². The molecule has 21 heavy (non-hydrogen) atoms. The summed E-state index contributed by atoms with van der Waals surface area (Å²) in [6.07, 6.45) is 4.59. The van der Waals surface area contributed by atoms with E-state index in [1.54, 1.807) is 23.1 Å². The molecule has 0 bridgehead atoms. The first-order valence-corrected chi connectivity index (χ1v) is 7.16. The third-order valence-electron chi connectivity index (χ3n) is 3.70. The number of hydrogen-bond acceptors (Lipinski definition) is 2. The van der Waals surface area contributed by atoms with E-state index in [-0.39, 0.29) is 11.9 Å². The van der Waals surface area contributed by atoms with Gasteiger partial charge in [0.05, 0.1) is 0 Å². The van der Waals surface area contributed by atoms with Crippen LogP contribution in [0.15, 0.2) is 24.3 Å². The van der Waals surface area contributed by atoms with Crippen LogP contribution in [0.3, 0.4) is 0 Å². The summed E-state index contributed by atoms with van der Waals surface area (Å²) in [7, 11) is 1.81.